The number of hydrogen-bond acceptors (Lipinski definition) is 4. The molecule has 2 aliphatic heterocycles. The van der Waals surface area contributed by atoms with Gasteiger partial charge in [0.15, 0.2) is 0 Å². The molecule has 1 saturated heterocycles. The molecule has 0 radical (unpaired) electrons. The highest BCUT2D eigenvalue weighted by Gasteiger charge is 2.35. The van der Waals surface area contributed by atoms with Crippen LogP contribution in [-0.2, 0) is 12.6 Å². The molecule has 2 aromatic carbocycles. The zero-order valence-electron chi connectivity index (χ0n) is 19.2. The monoisotopic (exact) mass is 462 g/mol. The SMILES string of the molecule is COc1cc2c(cc1N1C[C@@H](C)N(C)[C@@H](C)C1)N(C(=O)Nc1ccccc1C(F)(F)F)CC2. The van der Waals surface area contributed by atoms with Gasteiger partial charge in [-0.2, -0.15) is 13.2 Å². The number of para-hydroxylation sites is 1. The number of ether oxygens (including phenoxy) is 1. The van der Waals surface area contributed by atoms with Gasteiger partial charge in [-0.3, -0.25) is 9.80 Å². The number of urea groups is 1. The van der Waals surface area contributed by atoms with E-state index in [4.69, 9.17) is 4.74 Å². The Morgan fingerprint density at radius 2 is 1.76 bits per heavy atom. The van der Waals surface area contributed by atoms with Gasteiger partial charge in [-0.25, -0.2) is 4.79 Å². The highest BCUT2D eigenvalue weighted by molar-refractivity contribution is 6.04. The number of carbonyl (C=O) groups is 1. The number of fused-ring (bicyclic) bond motifs is 1. The maximum Gasteiger partial charge on any atom is 0.418 e. The summed E-state index contributed by atoms with van der Waals surface area (Å²) in [4.78, 5) is 19.1. The van der Waals surface area contributed by atoms with E-state index in [0.29, 0.717) is 30.7 Å². The number of hydrogen-bond donors (Lipinski definition) is 1. The van der Waals surface area contributed by atoms with Gasteiger partial charge in [0.05, 0.1) is 29.7 Å². The smallest absolute Gasteiger partial charge is 0.418 e. The number of anilines is 3. The van der Waals surface area contributed by atoms with Gasteiger partial charge < -0.3 is 15.0 Å². The minimum atomic E-state index is -4.55. The third-order valence-electron chi connectivity index (χ3n) is 6.70. The molecule has 1 N–H and O–H groups in total. The van der Waals surface area contributed by atoms with Crippen molar-refractivity contribution in [2.75, 3.05) is 48.9 Å². The van der Waals surface area contributed by atoms with Gasteiger partial charge in [-0.05, 0) is 57.1 Å². The van der Waals surface area contributed by atoms with Crippen molar-refractivity contribution in [1.82, 2.24) is 4.90 Å². The Morgan fingerprint density at radius 3 is 2.39 bits per heavy atom. The summed E-state index contributed by atoms with van der Waals surface area (Å²) in [6.07, 6.45) is -3.95. The molecule has 0 unspecified atom stereocenters. The Labute approximate surface area is 191 Å². The highest BCUT2D eigenvalue weighted by Crippen LogP contribution is 2.41. The lowest BCUT2D eigenvalue weighted by atomic mass is 10.1. The van der Waals surface area contributed by atoms with Crippen LogP contribution in [0, 0.1) is 0 Å². The van der Waals surface area contributed by atoms with Crippen molar-refractivity contribution in [3.05, 3.63) is 47.5 Å². The van der Waals surface area contributed by atoms with Crippen LogP contribution in [0.4, 0.5) is 35.0 Å². The molecule has 178 valence electrons. The second kappa shape index (κ2) is 8.78. The number of likely N-dealkylation sites (N-methyl/N-ethyl adjacent to an activating group) is 1. The van der Waals surface area contributed by atoms with Crippen molar-refractivity contribution in [3.8, 4) is 5.75 Å². The van der Waals surface area contributed by atoms with Gasteiger partial charge in [0, 0.05) is 31.7 Å². The Hall–Kier alpha value is -2.94. The Kier molecular flexibility index (Phi) is 6.18. The summed E-state index contributed by atoms with van der Waals surface area (Å²) in [5, 5.41) is 2.46. The molecule has 9 heteroatoms. The first-order valence-electron chi connectivity index (χ1n) is 11.0. The van der Waals surface area contributed by atoms with Gasteiger partial charge in [0.2, 0.25) is 0 Å². The summed E-state index contributed by atoms with van der Waals surface area (Å²) in [6, 6.07) is 8.98. The predicted octanol–water partition coefficient (Wildman–Crippen LogP) is 4.84. The van der Waals surface area contributed by atoms with Crippen molar-refractivity contribution in [3.63, 3.8) is 0 Å². The fraction of sp³-hybridized carbons (Fsp3) is 0.458. The number of amides is 2. The van der Waals surface area contributed by atoms with Crippen molar-refractivity contribution in [2.45, 2.75) is 38.5 Å². The number of carbonyl (C=O) groups excluding carboxylic acids is 1. The van der Waals surface area contributed by atoms with E-state index in [1.807, 2.05) is 12.1 Å². The average molecular weight is 463 g/mol. The number of nitrogens with one attached hydrogen (secondary N) is 1. The molecule has 0 bridgehead atoms. The zero-order chi connectivity index (χ0) is 23.9. The van der Waals surface area contributed by atoms with Gasteiger partial charge in [0.25, 0.3) is 0 Å². The predicted molar refractivity (Wildman–Crippen MR) is 123 cm³/mol. The molecule has 2 aromatic rings. The first-order valence-corrected chi connectivity index (χ1v) is 11.0. The van der Waals surface area contributed by atoms with E-state index in [0.717, 1.165) is 36.2 Å². The average Bonchev–Trinajstić information content (AvgIpc) is 3.18. The molecule has 0 saturated carbocycles. The standard InChI is InChI=1S/C24H29F3N4O2/c1-15-13-30(14-16(2)29(15)3)21-12-20-17(11-22(21)33-4)9-10-31(20)23(32)28-19-8-6-5-7-18(19)24(25,26)27/h5-8,11-12,15-16H,9-10,13-14H2,1-4H3,(H,28,32)/t15-,16+. The first kappa shape index (κ1) is 23.2. The topological polar surface area (TPSA) is 48.1 Å². The van der Waals surface area contributed by atoms with Crippen LogP contribution in [0.15, 0.2) is 36.4 Å². The van der Waals surface area contributed by atoms with Crippen molar-refractivity contribution >= 4 is 23.1 Å². The molecule has 0 aliphatic carbocycles. The van der Waals surface area contributed by atoms with Crippen LogP contribution in [-0.4, -0.2) is 56.8 Å². The molecule has 2 atom stereocenters. The highest BCUT2D eigenvalue weighted by atomic mass is 19.4. The summed E-state index contributed by atoms with van der Waals surface area (Å²) in [5.41, 5.74) is 1.41. The number of nitrogens with zero attached hydrogens (tertiary/aromatic N) is 3. The fourth-order valence-electron chi connectivity index (χ4n) is 4.65. The number of piperazine rings is 1. The largest absolute Gasteiger partial charge is 0.495 e. The molecule has 0 spiro atoms. The molecular formula is C24H29F3N4O2. The van der Waals surface area contributed by atoms with Crippen LogP contribution >= 0.6 is 0 Å². The van der Waals surface area contributed by atoms with Crippen LogP contribution in [0.25, 0.3) is 0 Å². The van der Waals surface area contributed by atoms with E-state index >= 15 is 0 Å². The minimum absolute atomic E-state index is 0.251. The molecule has 1 fully saturated rings. The maximum absolute atomic E-state index is 13.4. The fourth-order valence-corrected chi connectivity index (χ4v) is 4.65. The molecule has 2 amide bonds. The number of benzene rings is 2. The van der Waals surface area contributed by atoms with Crippen LogP contribution in [0.3, 0.4) is 0 Å². The molecule has 2 aliphatic rings. The van der Waals surface area contributed by atoms with Crippen molar-refractivity contribution in [1.29, 1.82) is 0 Å². The Bertz CT molecular complexity index is 1030. The van der Waals surface area contributed by atoms with E-state index in [2.05, 4.69) is 36.0 Å². The van der Waals surface area contributed by atoms with Gasteiger partial charge in [-0.1, -0.05) is 12.1 Å². The lowest BCUT2D eigenvalue weighted by Gasteiger charge is -2.44. The molecule has 4 rings (SSSR count). The van der Waals surface area contributed by atoms with E-state index in [9.17, 15) is 18.0 Å². The number of rotatable bonds is 3. The van der Waals surface area contributed by atoms with Gasteiger partial charge in [0.1, 0.15) is 5.75 Å². The molecule has 33 heavy (non-hydrogen) atoms. The minimum Gasteiger partial charge on any atom is -0.495 e. The summed E-state index contributed by atoms with van der Waals surface area (Å²) in [6.45, 7) is 6.33. The van der Waals surface area contributed by atoms with E-state index in [-0.39, 0.29) is 5.69 Å². The second-order valence-corrected chi connectivity index (χ2v) is 8.80. The summed E-state index contributed by atoms with van der Waals surface area (Å²) >= 11 is 0. The van der Waals surface area contributed by atoms with E-state index in [1.165, 1.54) is 23.1 Å². The lowest BCUT2D eigenvalue weighted by molar-refractivity contribution is -0.136. The van der Waals surface area contributed by atoms with Crippen molar-refractivity contribution < 1.29 is 22.7 Å². The first-order chi connectivity index (χ1) is 15.6. The zero-order valence-corrected chi connectivity index (χ0v) is 19.2. The van der Waals surface area contributed by atoms with Crippen molar-refractivity contribution in [2.24, 2.45) is 0 Å². The van der Waals surface area contributed by atoms with Gasteiger partial charge in [-0.15, -0.1) is 0 Å². The van der Waals surface area contributed by atoms with Crippen LogP contribution in [0.5, 0.6) is 5.75 Å². The number of methoxy groups -OCH3 is 1. The Balaban J connectivity index is 1.63. The number of halogens is 3. The van der Waals surface area contributed by atoms with Crippen LogP contribution in [0.2, 0.25) is 0 Å². The Morgan fingerprint density at radius 1 is 1.09 bits per heavy atom. The molecular weight excluding hydrogens is 433 g/mol. The normalized spacial score (nSPS) is 21.2. The summed E-state index contributed by atoms with van der Waals surface area (Å²) in [5.74, 6) is 0.738. The summed E-state index contributed by atoms with van der Waals surface area (Å²) < 4.78 is 45.7. The molecule has 2 heterocycles. The van der Waals surface area contributed by atoms with E-state index in [1.54, 1.807) is 7.11 Å². The van der Waals surface area contributed by atoms with Crippen LogP contribution < -0.4 is 19.9 Å². The molecule has 0 aromatic heterocycles. The summed E-state index contributed by atoms with van der Waals surface area (Å²) in [7, 11) is 3.74. The van der Waals surface area contributed by atoms with E-state index < -0.39 is 17.8 Å². The van der Waals surface area contributed by atoms with Gasteiger partial charge >= 0.3 is 12.2 Å². The quantitative estimate of drug-likeness (QED) is 0.710. The third-order valence-corrected chi connectivity index (χ3v) is 6.70. The molecule has 6 nitrogen and oxygen atoms in total. The number of alkyl halides is 3. The maximum atomic E-state index is 13.4. The lowest BCUT2D eigenvalue weighted by Crippen LogP contribution is -2.55. The van der Waals surface area contributed by atoms with Crippen LogP contribution in [0.1, 0.15) is 25.0 Å². The third kappa shape index (κ3) is 4.46. The second-order valence-electron chi connectivity index (χ2n) is 8.80.